The van der Waals surface area contributed by atoms with Gasteiger partial charge < -0.3 is 9.94 Å². The minimum Gasteiger partial charge on any atom is -0.699 e. The molecule has 0 aliphatic heterocycles. The zero-order valence-electron chi connectivity index (χ0n) is 9.88. The van der Waals surface area contributed by atoms with Crippen LogP contribution in [0.25, 0.3) is 11.3 Å². The number of halogens is 1. The summed E-state index contributed by atoms with van der Waals surface area (Å²) in [7, 11) is 0. The molecule has 0 saturated heterocycles. The Morgan fingerprint density at radius 2 is 2.16 bits per heavy atom. The van der Waals surface area contributed by atoms with Crippen molar-refractivity contribution < 1.29 is 8.86 Å². The smallest absolute Gasteiger partial charge is 0.282 e. The van der Waals surface area contributed by atoms with E-state index in [9.17, 15) is 5.21 Å². The Bertz CT molecular complexity index is 592. The Morgan fingerprint density at radius 3 is 2.79 bits per heavy atom. The number of alkyl halides is 1. The number of aromatic nitrogens is 2. The summed E-state index contributed by atoms with van der Waals surface area (Å²) < 4.78 is 10.0. The fourth-order valence-corrected chi connectivity index (χ4v) is 2.27. The monoisotopic (exact) mass is 339 g/mol. The molecule has 1 heterocycles. The third-order valence-electron chi connectivity index (χ3n) is 2.39. The van der Waals surface area contributed by atoms with Gasteiger partial charge in [-0.2, -0.15) is 9.38 Å². The molecule has 0 unspecified atom stereocenters. The molecule has 0 saturated carbocycles. The lowest BCUT2D eigenvalue weighted by atomic mass is 10.1. The van der Waals surface area contributed by atoms with Crippen LogP contribution in [0.15, 0.2) is 24.3 Å². The predicted octanol–water partition coefficient (Wildman–Crippen LogP) is 2.48. The van der Waals surface area contributed by atoms with E-state index in [2.05, 4.69) is 20.3 Å². The molecule has 2 rings (SSSR count). The molecule has 2 aromatic rings. The second-order valence-corrected chi connectivity index (χ2v) is 5.12. The Kier molecular flexibility index (Phi) is 4.71. The highest BCUT2D eigenvalue weighted by atomic mass is 79.9. The summed E-state index contributed by atoms with van der Waals surface area (Å²) in [5, 5.41) is 21.1. The molecule has 0 amide bonds. The van der Waals surface area contributed by atoms with Crippen LogP contribution in [0.2, 0.25) is 0 Å². The lowest BCUT2D eigenvalue weighted by Crippen LogP contribution is -2.23. The van der Waals surface area contributed by atoms with Crippen LogP contribution in [0, 0.1) is 16.5 Å². The number of nitrogens with zero attached hydrogens (tertiary/aromatic N) is 3. The second kappa shape index (κ2) is 6.50. The summed E-state index contributed by atoms with van der Waals surface area (Å²) in [6.45, 7) is 0.644. The number of hydrogen-bond acceptors (Lipinski definition) is 5. The average Bonchev–Trinajstić information content (AvgIpc) is 2.81. The number of hydrogen-bond donors (Lipinski definition) is 0. The van der Waals surface area contributed by atoms with Crippen LogP contribution >= 0.6 is 27.7 Å². The lowest BCUT2D eigenvalue weighted by molar-refractivity contribution is -0.532. The van der Waals surface area contributed by atoms with Gasteiger partial charge in [0.1, 0.15) is 11.8 Å². The van der Waals surface area contributed by atoms with E-state index in [-0.39, 0.29) is 5.69 Å². The summed E-state index contributed by atoms with van der Waals surface area (Å²) in [4.78, 5) is 0. The van der Waals surface area contributed by atoms with Crippen molar-refractivity contribution in [1.29, 1.82) is 5.26 Å². The Labute approximate surface area is 123 Å². The molecule has 0 aliphatic rings. The molecule has 1 aromatic heterocycles. The van der Waals surface area contributed by atoms with Crippen LogP contribution in [0.5, 0.6) is 5.75 Å². The summed E-state index contributed by atoms with van der Waals surface area (Å²) in [6.07, 6.45) is 0.933. The van der Waals surface area contributed by atoms with Gasteiger partial charge >= 0.3 is 0 Å². The summed E-state index contributed by atoms with van der Waals surface area (Å²) in [6, 6.07) is 9.05. The van der Waals surface area contributed by atoms with Crippen molar-refractivity contribution in [2.24, 2.45) is 0 Å². The third-order valence-corrected chi connectivity index (χ3v) is 3.55. The highest BCUT2D eigenvalue weighted by Gasteiger charge is 2.20. The molecular formula is C12H10BrN3O2S. The van der Waals surface area contributed by atoms with Gasteiger partial charge in [0, 0.05) is 15.3 Å². The fourth-order valence-electron chi connectivity index (χ4n) is 1.49. The second-order valence-electron chi connectivity index (χ2n) is 3.65. The van der Waals surface area contributed by atoms with Crippen LogP contribution in [-0.4, -0.2) is 16.3 Å². The van der Waals surface area contributed by atoms with Crippen LogP contribution in [0.1, 0.15) is 12.1 Å². The summed E-state index contributed by atoms with van der Waals surface area (Å²) in [5.41, 5.74) is 1.17. The lowest BCUT2D eigenvalue weighted by Gasteiger charge is -2.04. The van der Waals surface area contributed by atoms with Crippen molar-refractivity contribution in [1.82, 2.24) is 4.37 Å². The standard InChI is InChI=1S/C12H10BrN3O2S/c13-6-1-7-18-10-4-2-9(3-5-10)12-11(8-14)16(17)19-15-12/h2-5H,1,6-7H2. The van der Waals surface area contributed by atoms with E-state index >= 15 is 0 Å². The zero-order valence-corrected chi connectivity index (χ0v) is 12.3. The van der Waals surface area contributed by atoms with Gasteiger partial charge in [-0.05, 0) is 30.7 Å². The minimum absolute atomic E-state index is 0.0259. The van der Waals surface area contributed by atoms with Gasteiger partial charge in [-0.1, -0.05) is 15.9 Å². The van der Waals surface area contributed by atoms with Crippen LogP contribution < -0.4 is 8.86 Å². The molecule has 0 atom stereocenters. The van der Waals surface area contributed by atoms with Crippen molar-refractivity contribution in [2.75, 3.05) is 11.9 Å². The van der Waals surface area contributed by atoms with Gasteiger partial charge in [0.05, 0.1) is 6.61 Å². The first-order valence-corrected chi connectivity index (χ1v) is 7.40. The Balaban J connectivity index is 2.16. The molecule has 0 fully saturated rings. The minimum atomic E-state index is 0.0259. The van der Waals surface area contributed by atoms with E-state index in [0.29, 0.717) is 16.4 Å². The summed E-state index contributed by atoms with van der Waals surface area (Å²) >= 11 is 4.06. The molecule has 5 nitrogen and oxygen atoms in total. The predicted molar refractivity (Wildman–Crippen MR) is 75.1 cm³/mol. The van der Waals surface area contributed by atoms with Gasteiger partial charge in [0.15, 0.2) is 0 Å². The third kappa shape index (κ3) is 3.22. The maximum absolute atomic E-state index is 11.3. The van der Waals surface area contributed by atoms with Gasteiger partial charge in [-0.3, -0.25) is 0 Å². The van der Waals surface area contributed by atoms with E-state index in [1.807, 2.05) is 6.07 Å². The molecule has 98 valence electrons. The van der Waals surface area contributed by atoms with E-state index in [4.69, 9.17) is 10.00 Å². The molecule has 0 N–H and O–H groups in total. The maximum Gasteiger partial charge on any atom is 0.282 e. The van der Waals surface area contributed by atoms with E-state index < -0.39 is 0 Å². The van der Waals surface area contributed by atoms with E-state index in [0.717, 1.165) is 34.8 Å². The van der Waals surface area contributed by atoms with Gasteiger partial charge in [-0.25, -0.2) is 0 Å². The molecule has 7 heteroatoms. The first-order valence-electron chi connectivity index (χ1n) is 5.55. The van der Waals surface area contributed by atoms with Crippen molar-refractivity contribution >= 4 is 27.7 Å². The fraction of sp³-hybridized carbons (Fsp3) is 0.250. The SMILES string of the molecule is N#Cc1c(-c2ccc(OCCCBr)cc2)ns[n+]1[O-]. The van der Waals surface area contributed by atoms with Crippen molar-refractivity contribution in [3.63, 3.8) is 0 Å². The Morgan fingerprint density at radius 1 is 1.42 bits per heavy atom. The van der Waals surface area contributed by atoms with Crippen LogP contribution in [-0.2, 0) is 0 Å². The number of benzene rings is 1. The number of ether oxygens (including phenoxy) is 1. The Hall–Kier alpha value is -1.65. The average molecular weight is 340 g/mol. The van der Waals surface area contributed by atoms with E-state index in [1.165, 1.54) is 0 Å². The molecule has 0 aliphatic carbocycles. The molecule has 1 aromatic carbocycles. The van der Waals surface area contributed by atoms with E-state index in [1.54, 1.807) is 24.3 Å². The molecule has 0 spiro atoms. The maximum atomic E-state index is 11.3. The normalized spacial score (nSPS) is 10.1. The highest BCUT2D eigenvalue weighted by Crippen LogP contribution is 2.23. The number of nitriles is 1. The van der Waals surface area contributed by atoms with Crippen molar-refractivity contribution in [3.8, 4) is 23.1 Å². The number of rotatable bonds is 5. The van der Waals surface area contributed by atoms with Gasteiger partial charge in [0.2, 0.25) is 0 Å². The quantitative estimate of drug-likeness (QED) is 0.363. The molecule has 0 radical (unpaired) electrons. The van der Waals surface area contributed by atoms with Gasteiger partial charge in [-0.15, -0.1) is 0 Å². The van der Waals surface area contributed by atoms with Crippen LogP contribution in [0.4, 0.5) is 0 Å². The van der Waals surface area contributed by atoms with Crippen molar-refractivity contribution in [2.45, 2.75) is 6.42 Å². The summed E-state index contributed by atoms with van der Waals surface area (Å²) in [5.74, 6) is 0.758. The zero-order chi connectivity index (χ0) is 13.7. The van der Waals surface area contributed by atoms with Gasteiger partial charge in [0.25, 0.3) is 23.1 Å². The van der Waals surface area contributed by atoms with Crippen LogP contribution in [0.3, 0.4) is 0 Å². The first kappa shape index (κ1) is 13.8. The largest absolute Gasteiger partial charge is 0.699 e. The topological polar surface area (TPSA) is 72.8 Å². The highest BCUT2D eigenvalue weighted by molar-refractivity contribution is 9.09. The first-order chi connectivity index (χ1) is 9.26. The van der Waals surface area contributed by atoms with Crippen molar-refractivity contribution in [3.05, 3.63) is 35.2 Å². The molecule has 19 heavy (non-hydrogen) atoms. The molecule has 0 bridgehead atoms. The molecular weight excluding hydrogens is 330 g/mol.